The molecule has 1 N–H and O–H groups in total. The molecule has 0 amide bonds. The summed E-state index contributed by atoms with van der Waals surface area (Å²) in [5.41, 5.74) is 5.04. The van der Waals surface area contributed by atoms with Crippen LogP contribution in [0, 0.1) is 0 Å². The molecule has 0 saturated carbocycles. The second-order valence-electron chi connectivity index (χ2n) is 5.07. The van der Waals surface area contributed by atoms with Crippen molar-refractivity contribution in [2.24, 2.45) is 0 Å². The molecule has 2 aromatic rings. The minimum absolute atomic E-state index is 0. The molecule has 4 rings (SSSR count). The fourth-order valence-electron chi connectivity index (χ4n) is 2.75. The lowest BCUT2D eigenvalue weighted by Crippen LogP contribution is -2.32. The number of halogens is 1. The normalized spacial score (nSPS) is 19.0. The van der Waals surface area contributed by atoms with Crippen molar-refractivity contribution >= 4 is 44.0 Å². The summed E-state index contributed by atoms with van der Waals surface area (Å²) in [4.78, 5) is 4.54. The third-order valence-electron chi connectivity index (χ3n) is 3.85. The van der Waals surface area contributed by atoms with Crippen molar-refractivity contribution in [1.29, 1.82) is 0 Å². The van der Waals surface area contributed by atoms with Gasteiger partial charge in [-0.25, -0.2) is 13.4 Å². The van der Waals surface area contributed by atoms with E-state index in [-0.39, 0.29) is 12.4 Å². The van der Waals surface area contributed by atoms with Gasteiger partial charge >= 0.3 is 0 Å². The summed E-state index contributed by atoms with van der Waals surface area (Å²) in [6, 6.07) is 5.15. The molecular weight excluding hydrogens is 330 g/mol. The van der Waals surface area contributed by atoms with Gasteiger partial charge in [-0.2, -0.15) is 4.31 Å². The number of aromatic nitrogens is 1. The van der Waals surface area contributed by atoms with Crippen molar-refractivity contribution in [3.63, 3.8) is 0 Å². The van der Waals surface area contributed by atoms with Crippen LogP contribution in [-0.4, -0.2) is 43.9 Å². The third-order valence-corrected chi connectivity index (χ3v) is 6.43. The topological polar surface area (TPSA) is 62.3 Å². The van der Waals surface area contributed by atoms with Crippen molar-refractivity contribution in [3.05, 3.63) is 34.9 Å². The van der Waals surface area contributed by atoms with Crippen LogP contribution in [0.4, 0.5) is 0 Å². The van der Waals surface area contributed by atoms with Gasteiger partial charge in [0, 0.05) is 26.2 Å². The van der Waals surface area contributed by atoms with Crippen molar-refractivity contribution in [1.82, 2.24) is 14.6 Å². The average molecular weight is 344 g/mol. The summed E-state index contributed by atoms with van der Waals surface area (Å²) < 4.78 is 27.9. The molecule has 1 aromatic carbocycles. The van der Waals surface area contributed by atoms with Gasteiger partial charge in [-0.1, -0.05) is 0 Å². The average Bonchev–Trinajstić information content (AvgIpc) is 3.12. The molecule has 5 nitrogen and oxygen atoms in total. The number of hydrogen-bond donors (Lipinski definition) is 1. The lowest BCUT2D eigenvalue weighted by molar-refractivity contribution is 0.473. The number of hydrogen-bond acceptors (Lipinski definition) is 5. The number of benzene rings is 1. The zero-order valence-electron chi connectivity index (χ0n) is 11.1. The highest BCUT2D eigenvalue weighted by Crippen LogP contribution is 2.28. The van der Waals surface area contributed by atoms with Crippen LogP contribution in [0.2, 0.25) is 0 Å². The van der Waals surface area contributed by atoms with Gasteiger partial charge in [-0.3, -0.25) is 0 Å². The van der Waals surface area contributed by atoms with Gasteiger partial charge in [0.1, 0.15) is 0 Å². The Kier molecular flexibility index (Phi) is 3.79. The monoisotopic (exact) mass is 343 g/mol. The summed E-state index contributed by atoms with van der Waals surface area (Å²) in [5, 5.41) is 3.25. The smallest absolute Gasteiger partial charge is 0.243 e. The highest BCUT2D eigenvalue weighted by Gasteiger charge is 2.33. The van der Waals surface area contributed by atoms with E-state index in [2.05, 4.69) is 10.3 Å². The van der Waals surface area contributed by atoms with Crippen LogP contribution in [-0.2, 0) is 10.0 Å². The molecule has 0 atom stereocenters. The van der Waals surface area contributed by atoms with E-state index in [0.717, 1.165) is 23.3 Å². The Hall–Kier alpha value is -0.990. The molecular formula is C13H14ClN3O2S2. The molecule has 0 unspecified atom stereocenters. The van der Waals surface area contributed by atoms with Gasteiger partial charge in [0.2, 0.25) is 10.0 Å². The number of nitrogens with zero attached hydrogens (tertiary/aromatic N) is 2. The summed E-state index contributed by atoms with van der Waals surface area (Å²) in [5.74, 6) is 0. The highest BCUT2D eigenvalue weighted by atomic mass is 35.5. The molecule has 0 radical (unpaired) electrons. The molecule has 0 fully saturated rings. The molecule has 8 heteroatoms. The zero-order valence-corrected chi connectivity index (χ0v) is 13.5. The lowest BCUT2D eigenvalue weighted by atomic mass is 10.2. The quantitative estimate of drug-likeness (QED) is 0.842. The SMILES string of the molecule is Cl.O=S(=O)(c1ccc2ncsc2c1)N1CC2=C(CNC2)C1. The molecule has 0 aliphatic carbocycles. The van der Waals surface area contributed by atoms with E-state index in [9.17, 15) is 8.42 Å². The van der Waals surface area contributed by atoms with Crippen molar-refractivity contribution in [2.75, 3.05) is 26.2 Å². The van der Waals surface area contributed by atoms with E-state index in [0.29, 0.717) is 18.0 Å². The molecule has 1 aromatic heterocycles. The Morgan fingerprint density at radius 1 is 1.19 bits per heavy atom. The number of thiazole rings is 1. The van der Waals surface area contributed by atoms with E-state index in [1.807, 2.05) is 0 Å². The molecule has 2 aliphatic heterocycles. The lowest BCUT2D eigenvalue weighted by Gasteiger charge is -2.18. The van der Waals surface area contributed by atoms with Crippen molar-refractivity contribution in [2.45, 2.75) is 4.90 Å². The van der Waals surface area contributed by atoms with Gasteiger partial charge in [0.05, 0.1) is 20.6 Å². The first-order valence-electron chi connectivity index (χ1n) is 6.38. The maximum Gasteiger partial charge on any atom is 0.243 e. The van der Waals surface area contributed by atoms with Crippen LogP contribution < -0.4 is 5.32 Å². The van der Waals surface area contributed by atoms with Gasteiger partial charge in [0.25, 0.3) is 0 Å². The van der Waals surface area contributed by atoms with Crippen LogP contribution in [0.3, 0.4) is 0 Å². The third kappa shape index (κ3) is 2.39. The van der Waals surface area contributed by atoms with Crippen LogP contribution >= 0.6 is 23.7 Å². The van der Waals surface area contributed by atoms with Crippen molar-refractivity contribution < 1.29 is 8.42 Å². The molecule has 3 heterocycles. The van der Waals surface area contributed by atoms with E-state index in [1.54, 1.807) is 28.0 Å². The zero-order chi connectivity index (χ0) is 13.7. The summed E-state index contributed by atoms with van der Waals surface area (Å²) in [6.07, 6.45) is 0. The predicted molar refractivity (Wildman–Crippen MR) is 85.5 cm³/mol. The standard InChI is InChI=1S/C13H13N3O2S2.ClH/c17-20(18,16-6-9-4-14-5-10(9)7-16)11-1-2-12-13(3-11)19-8-15-12;/h1-3,8,14H,4-7H2;1H. The fraction of sp³-hybridized carbons (Fsp3) is 0.308. The Labute approximate surface area is 133 Å². The minimum atomic E-state index is -3.41. The molecule has 112 valence electrons. The fourth-order valence-corrected chi connectivity index (χ4v) is 4.99. The van der Waals surface area contributed by atoms with E-state index < -0.39 is 10.0 Å². The first-order valence-corrected chi connectivity index (χ1v) is 8.70. The van der Waals surface area contributed by atoms with Gasteiger partial charge in [-0.15, -0.1) is 23.7 Å². The predicted octanol–water partition coefficient (Wildman–Crippen LogP) is 1.62. The Morgan fingerprint density at radius 3 is 2.62 bits per heavy atom. The Balaban J connectivity index is 0.00000132. The minimum Gasteiger partial charge on any atom is -0.309 e. The van der Waals surface area contributed by atoms with Crippen LogP contribution in [0.15, 0.2) is 39.8 Å². The summed E-state index contributed by atoms with van der Waals surface area (Å²) in [6.45, 7) is 2.67. The van der Waals surface area contributed by atoms with Crippen LogP contribution in [0.25, 0.3) is 10.2 Å². The second-order valence-corrected chi connectivity index (χ2v) is 7.89. The maximum atomic E-state index is 12.7. The second kappa shape index (κ2) is 5.33. The van der Waals surface area contributed by atoms with Crippen LogP contribution in [0.1, 0.15) is 0 Å². The van der Waals surface area contributed by atoms with E-state index in [1.165, 1.54) is 22.5 Å². The van der Waals surface area contributed by atoms with Crippen molar-refractivity contribution in [3.8, 4) is 0 Å². The molecule has 21 heavy (non-hydrogen) atoms. The number of sulfonamides is 1. The summed E-state index contributed by atoms with van der Waals surface area (Å²) >= 11 is 1.46. The molecule has 0 spiro atoms. The van der Waals surface area contributed by atoms with Gasteiger partial charge < -0.3 is 5.32 Å². The molecule has 2 aliphatic rings. The number of nitrogens with one attached hydrogen (secondary N) is 1. The Bertz CT molecular complexity index is 813. The van der Waals surface area contributed by atoms with Gasteiger partial charge in [-0.05, 0) is 29.3 Å². The van der Waals surface area contributed by atoms with E-state index >= 15 is 0 Å². The Morgan fingerprint density at radius 2 is 1.90 bits per heavy atom. The number of rotatable bonds is 2. The van der Waals surface area contributed by atoms with Crippen LogP contribution in [0.5, 0.6) is 0 Å². The highest BCUT2D eigenvalue weighted by molar-refractivity contribution is 7.89. The first kappa shape index (κ1) is 14.9. The van der Waals surface area contributed by atoms with E-state index in [4.69, 9.17) is 0 Å². The first-order chi connectivity index (χ1) is 9.64. The number of fused-ring (bicyclic) bond motifs is 1. The molecule has 0 saturated heterocycles. The van der Waals surface area contributed by atoms with Gasteiger partial charge in [0.15, 0.2) is 0 Å². The largest absolute Gasteiger partial charge is 0.309 e. The summed E-state index contributed by atoms with van der Waals surface area (Å²) in [7, 11) is -3.41. The molecule has 0 bridgehead atoms. The maximum absolute atomic E-state index is 12.7.